The lowest BCUT2D eigenvalue weighted by molar-refractivity contribution is 0.249. The SMILES string of the molecule is COc1ccc(C)cc1NC(=O)NC1CCN(c2nsnc2CCc2ccncc2)C1. The van der Waals surface area contributed by atoms with Crippen LogP contribution in [0.3, 0.4) is 0 Å². The fourth-order valence-electron chi connectivity index (χ4n) is 3.75. The largest absolute Gasteiger partial charge is 0.495 e. The van der Waals surface area contributed by atoms with Crippen LogP contribution in [0.4, 0.5) is 16.3 Å². The van der Waals surface area contributed by atoms with Crippen molar-refractivity contribution in [3.63, 3.8) is 0 Å². The molecule has 0 radical (unpaired) electrons. The van der Waals surface area contributed by atoms with Crippen LogP contribution in [0, 0.1) is 6.92 Å². The number of amides is 2. The van der Waals surface area contributed by atoms with Crippen LogP contribution in [0.25, 0.3) is 0 Å². The van der Waals surface area contributed by atoms with E-state index in [0.717, 1.165) is 42.9 Å². The Morgan fingerprint density at radius 2 is 2.06 bits per heavy atom. The van der Waals surface area contributed by atoms with Gasteiger partial charge in [-0.2, -0.15) is 8.75 Å². The summed E-state index contributed by atoms with van der Waals surface area (Å²) in [6.45, 7) is 3.53. The van der Waals surface area contributed by atoms with E-state index in [2.05, 4.69) is 29.3 Å². The standard InChI is InChI=1S/C22H26N6O2S/c1-15-3-6-20(30-2)19(13-15)25-22(29)24-17-9-12-28(14-17)21-18(26-31-27-21)5-4-16-7-10-23-11-8-16/h3,6-8,10-11,13,17H,4-5,9,12,14H2,1-2H3,(H2,24,25,29). The molecule has 4 rings (SSSR count). The number of nitrogens with zero attached hydrogens (tertiary/aromatic N) is 4. The molecule has 0 saturated carbocycles. The summed E-state index contributed by atoms with van der Waals surface area (Å²) >= 11 is 1.24. The quantitative estimate of drug-likeness (QED) is 0.587. The first-order valence-electron chi connectivity index (χ1n) is 10.3. The highest BCUT2D eigenvalue weighted by atomic mass is 32.1. The molecule has 31 heavy (non-hydrogen) atoms. The average Bonchev–Trinajstić information content (AvgIpc) is 3.42. The van der Waals surface area contributed by atoms with Gasteiger partial charge in [-0.3, -0.25) is 4.98 Å². The van der Waals surface area contributed by atoms with E-state index in [4.69, 9.17) is 4.74 Å². The number of methoxy groups -OCH3 is 1. The van der Waals surface area contributed by atoms with Gasteiger partial charge in [-0.25, -0.2) is 4.79 Å². The molecule has 8 nitrogen and oxygen atoms in total. The van der Waals surface area contributed by atoms with Crippen LogP contribution in [0.5, 0.6) is 5.75 Å². The number of benzene rings is 1. The molecule has 1 unspecified atom stereocenters. The molecule has 2 aromatic heterocycles. The Kier molecular flexibility index (Phi) is 6.61. The average molecular weight is 439 g/mol. The van der Waals surface area contributed by atoms with Gasteiger partial charge in [0, 0.05) is 31.5 Å². The smallest absolute Gasteiger partial charge is 0.319 e. The molecule has 162 valence electrons. The topological polar surface area (TPSA) is 92.3 Å². The van der Waals surface area contributed by atoms with Crippen molar-refractivity contribution < 1.29 is 9.53 Å². The number of ether oxygens (including phenoxy) is 1. The molecule has 0 spiro atoms. The molecule has 1 aliphatic heterocycles. The first-order chi connectivity index (χ1) is 15.1. The number of anilines is 2. The van der Waals surface area contributed by atoms with Crippen LogP contribution < -0.4 is 20.3 Å². The summed E-state index contributed by atoms with van der Waals surface area (Å²) in [6, 6.07) is 9.56. The summed E-state index contributed by atoms with van der Waals surface area (Å²) < 4.78 is 14.4. The van der Waals surface area contributed by atoms with Gasteiger partial charge in [0.15, 0.2) is 5.82 Å². The molecular weight excluding hydrogens is 412 g/mol. The number of nitrogens with one attached hydrogen (secondary N) is 2. The highest BCUT2D eigenvalue weighted by Crippen LogP contribution is 2.26. The van der Waals surface area contributed by atoms with E-state index in [-0.39, 0.29) is 12.1 Å². The fourth-order valence-corrected chi connectivity index (χ4v) is 4.36. The zero-order valence-corrected chi connectivity index (χ0v) is 18.5. The summed E-state index contributed by atoms with van der Waals surface area (Å²) in [5.41, 5.74) is 3.96. The van der Waals surface area contributed by atoms with E-state index in [1.54, 1.807) is 7.11 Å². The van der Waals surface area contributed by atoms with Crippen molar-refractivity contribution in [1.82, 2.24) is 19.0 Å². The number of rotatable bonds is 7. The third-order valence-corrected chi connectivity index (χ3v) is 5.92. The van der Waals surface area contributed by atoms with E-state index >= 15 is 0 Å². The summed E-state index contributed by atoms with van der Waals surface area (Å²) in [5, 5.41) is 5.97. The number of carbonyl (C=O) groups excluding carboxylic acids is 1. The number of urea groups is 1. The molecule has 2 amide bonds. The van der Waals surface area contributed by atoms with Gasteiger partial charge in [-0.05, 0) is 61.6 Å². The van der Waals surface area contributed by atoms with E-state index in [1.807, 2.05) is 49.6 Å². The Balaban J connectivity index is 1.32. The lowest BCUT2D eigenvalue weighted by Gasteiger charge is -2.18. The Bertz CT molecular complexity index is 1030. The van der Waals surface area contributed by atoms with Gasteiger partial charge in [0.2, 0.25) is 0 Å². The van der Waals surface area contributed by atoms with Crippen LogP contribution >= 0.6 is 11.7 Å². The van der Waals surface area contributed by atoms with Crippen molar-refractivity contribution in [2.45, 2.75) is 32.2 Å². The highest BCUT2D eigenvalue weighted by molar-refractivity contribution is 6.99. The third-order valence-electron chi connectivity index (χ3n) is 5.36. The van der Waals surface area contributed by atoms with Crippen LogP contribution in [-0.4, -0.2) is 46.0 Å². The number of hydrogen-bond acceptors (Lipinski definition) is 7. The molecule has 2 N–H and O–H groups in total. The number of aromatic nitrogens is 3. The highest BCUT2D eigenvalue weighted by Gasteiger charge is 2.27. The van der Waals surface area contributed by atoms with Gasteiger partial charge in [0.1, 0.15) is 5.75 Å². The summed E-state index contributed by atoms with van der Waals surface area (Å²) in [5.74, 6) is 1.57. The monoisotopic (exact) mass is 438 g/mol. The van der Waals surface area contributed by atoms with Gasteiger partial charge in [-0.15, -0.1) is 0 Å². The molecule has 9 heteroatoms. The normalized spacial score (nSPS) is 15.7. The number of hydrogen-bond donors (Lipinski definition) is 2. The predicted octanol–water partition coefficient (Wildman–Crippen LogP) is 3.44. The second kappa shape index (κ2) is 9.74. The molecule has 0 bridgehead atoms. The van der Waals surface area contributed by atoms with Gasteiger partial charge in [0.05, 0.1) is 30.2 Å². The minimum atomic E-state index is -0.231. The summed E-state index contributed by atoms with van der Waals surface area (Å²) in [7, 11) is 1.59. The van der Waals surface area contributed by atoms with Crippen LogP contribution in [0.1, 0.15) is 23.2 Å². The number of aryl methyl sites for hydroxylation is 3. The Labute approximate surface area is 186 Å². The third kappa shape index (κ3) is 5.29. The molecule has 3 aromatic rings. The van der Waals surface area contributed by atoms with Crippen molar-refractivity contribution >= 4 is 29.3 Å². The molecular formula is C22H26N6O2S. The van der Waals surface area contributed by atoms with Crippen LogP contribution in [0.2, 0.25) is 0 Å². The zero-order chi connectivity index (χ0) is 21.6. The maximum absolute atomic E-state index is 12.5. The van der Waals surface area contributed by atoms with Crippen molar-refractivity contribution in [2.24, 2.45) is 0 Å². The molecule has 1 aromatic carbocycles. The first-order valence-corrected chi connectivity index (χ1v) is 11.0. The minimum absolute atomic E-state index is 0.0468. The second-order valence-electron chi connectivity index (χ2n) is 7.62. The molecule has 1 atom stereocenters. The summed E-state index contributed by atoms with van der Waals surface area (Å²) in [6.07, 6.45) is 6.21. The number of carbonyl (C=O) groups is 1. The second-order valence-corrected chi connectivity index (χ2v) is 8.15. The Morgan fingerprint density at radius 1 is 1.23 bits per heavy atom. The fraction of sp³-hybridized carbons (Fsp3) is 0.364. The van der Waals surface area contributed by atoms with Gasteiger partial charge >= 0.3 is 6.03 Å². The van der Waals surface area contributed by atoms with E-state index in [1.165, 1.54) is 17.3 Å². The first kappa shape index (κ1) is 21.0. The minimum Gasteiger partial charge on any atom is -0.495 e. The van der Waals surface area contributed by atoms with Crippen molar-refractivity contribution in [1.29, 1.82) is 0 Å². The van der Waals surface area contributed by atoms with Crippen LogP contribution in [0.15, 0.2) is 42.7 Å². The summed E-state index contributed by atoms with van der Waals surface area (Å²) in [4.78, 5) is 18.8. The maximum Gasteiger partial charge on any atom is 0.319 e. The lowest BCUT2D eigenvalue weighted by Crippen LogP contribution is -2.39. The maximum atomic E-state index is 12.5. The van der Waals surface area contributed by atoms with Crippen molar-refractivity contribution in [2.75, 3.05) is 30.4 Å². The Morgan fingerprint density at radius 3 is 2.87 bits per heavy atom. The van der Waals surface area contributed by atoms with Crippen LogP contribution in [-0.2, 0) is 12.8 Å². The molecule has 1 aliphatic rings. The van der Waals surface area contributed by atoms with Gasteiger partial charge in [-0.1, -0.05) is 6.07 Å². The number of pyridine rings is 1. The van der Waals surface area contributed by atoms with Crippen molar-refractivity contribution in [3.8, 4) is 5.75 Å². The van der Waals surface area contributed by atoms with E-state index < -0.39 is 0 Å². The lowest BCUT2D eigenvalue weighted by atomic mass is 10.1. The Hall–Kier alpha value is -3.20. The van der Waals surface area contributed by atoms with Gasteiger partial charge in [0.25, 0.3) is 0 Å². The predicted molar refractivity (Wildman–Crippen MR) is 122 cm³/mol. The van der Waals surface area contributed by atoms with E-state index in [0.29, 0.717) is 18.0 Å². The van der Waals surface area contributed by atoms with Crippen molar-refractivity contribution in [3.05, 3.63) is 59.5 Å². The van der Waals surface area contributed by atoms with E-state index in [9.17, 15) is 4.79 Å². The molecule has 1 saturated heterocycles. The molecule has 3 heterocycles. The zero-order valence-electron chi connectivity index (χ0n) is 17.7. The molecule has 0 aliphatic carbocycles. The molecule has 1 fully saturated rings. The van der Waals surface area contributed by atoms with Gasteiger partial charge < -0.3 is 20.3 Å².